The van der Waals surface area contributed by atoms with Crippen molar-refractivity contribution in [2.75, 3.05) is 12.8 Å². The highest BCUT2D eigenvalue weighted by Crippen LogP contribution is 2.16. The van der Waals surface area contributed by atoms with Gasteiger partial charge in [-0.1, -0.05) is 18.9 Å². The Bertz CT molecular complexity index is 128. The second kappa shape index (κ2) is 5.74. The predicted molar refractivity (Wildman–Crippen MR) is 50.9 cm³/mol. The molecule has 0 aromatic rings. The number of nitrogens with zero attached hydrogens (tertiary/aromatic N) is 1. The molecular formula is C6H13NO2S2. The summed E-state index contributed by atoms with van der Waals surface area (Å²) in [7, 11) is 0. The molecule has 11 heavy (non-hydrogen) atoms. The van der Waals surface area contributed by atoms with Crippen molar-refractivity contribution < 1.29 is 9.90 Å². The van der Waals surface area contributed by atoms with Crippen LogP contribution in [0.15, 0.2) is 0 Å². The van der Waals surface area contributed by atoms with Crippen molar-refractivity contribution in [3.05, 3.63) is 0 Å². The van der Waals surface area contributed by atoms with E-state index >= 15 is 0 Å². The number of hydrogen-bond acceptors (Lipinski definition) is 4. The molecule has 0 saturated carbocycles. The molecule has 0 aliphatic rings. The van der Waals surface area contributed by atoms with Crippen LogP contribution in [0.2, 0.25) is 0 Å². The van der Waals surface area contributed by atoms with Crippen LogP contribution in [0.25, 0.3) is 0 Å². The van der Waals surface area contributed by atoms with E-state index in [1.165, 1.54) is 11.9 Å². The molecule has 0 amide bonds. The Balaban J connectivity index is 3.78. The first-order valence-electron chi connectivity index (χ1n) is 3.32. The van der Waals surface area contributed by atoms with Crippen molar-refractivity contribution in [1.82, 2.24) is 4.31 Å². The average molecular weight is 195 g/mol. The van der Waals surface area contributed by atoms with E-state index < -0.39 is 5.97 Å². The van der Waals surface area contributed by atoms with Gasteiger partial charge in [0.25, 0.3) is 0 Å². The van der Waals surface area contributed by atoms with Gasteiger partial charge in [0.05, 0.1) is 11.8 Å². The van der Waals surface area contributed by atoms with Crippen molar-refractivity contribution in [2.45, 2.75) is 18.7 Å². The Morgan fingerprint density at radius 2 is 2.36 bits per heavy atom. The summed E-state index contributed by atoms with van der Waals surface area (Å²) >= 11 is 5.66. The maximum Gasteiger partial charge on any atom is 0.305 e. The molecular weight excluding hydrogens is 182 g/mol. The number of rotatable bonds is 5. The highest BCUT2D eigenvalue weighted by Gasteiger charge is 2.14. The molecule has 0 rings (SSSR count). The summed E-state index contributed by atoms with van der Waals surface area (Å²) in [5, 5.41) is 8.25. The third kappa shape index (κ3) is 4.55. The fraction of sp³-hybridized carbons (Fsp3) is 0.833. The van der Waals surface area contributed by atoms with Crippen molar-refractivity contribution in [3.8, 4) is 0 Å². The second-order valence-corrected chi connectivity index (χ2v) is 3.42. The third-order valence-corrected chi connectivity index (χ3v) is 2.84. The standard InChI is InChI=1S/C6H13NO2S2/c1-3-7(11-2)5(10)4-6(8)9/h5,10H,3-4H2,1-2H3,(H,8,9). The Morgan fingerprint density at radius 1 is 1.82 bits per heavy atom. The molecule has 0 aromatic carbocycles. The second-order valence-electron chi connectivity index (χ2n) is 1.99. The summed E-state index contributed by atoms with van der Waals surface area (Å²) in [6.45, 7) is 2.78. The number of thiol groups is 1. The van der Waals surface area contributed by atoms with Gasteiger partial charge in [0.1, 0.15) is 0 Å². The number of aliphatic carboxylic acids is 1. The molecule has 0 bridgehead atoms. The molecule has 1 N–H and O–H groups in total. The van der Waals surface area contributed by atoms with E-state index in [9.17, 15) is 4.79 Å². The first-order chi connectivity index (χ1) is 5.11. The van der Waals surface area contributed by atoms with Crippen LogP contribution < -0.4 is 0 Å². The zero-order valence-electron chi connectivity index (χ0n) is 6.65. The van der Waals surface area contributed by atoms with Gasteiger partial charge in [0, 0.05) is 6.54 Å². The highest BCUT2D eigenvalue weighted by molar-refractivity contribution is 7.97. The van der Waals surface area contributed by atoms with E-state index in [1.54, 1.807) is 0 Å². The molecule has 0 aromatic heterocycles. The molecule has 0 spiro atoms. The van der Waals surface area contributed by atoms with E-state index in [2.05, 4.69) is 12.6 Å². The highest BCUT2D eigenvalue weighted by atomic mass is 32.2. The zero-order valence-corrected chi connectivity index (χ0v) is 8.36. The molecule has 0 radical (unpaired) electrons. The van der Waals surface area contributed by atoms with E-state index in [4.69, 9.17) is 5.11 Å². The summed E-state index contributed by atoms with van der Waals surface area (Å²) < 4.78 is 1.91. The van der Waals surface area contributed by atoms with Crippen LogP contribution in [0.5, 0.6) is 0 Å². The quantitative estimate of drug-likeness (QED) is 0.394. The van der Waals surface area contributed by atoms with Crippen LogP contribution in [-0.2, 0) is 4.79 Å². The number of hydrogen-bond donors (Lipinski definition) is 2. The van der Waals surface area contributed by atoms with Gasteiger partial charge in [-0.2, -0.15) is 12.6 Å². The lowest BCUT2D eigenvalue weighted by Gasteiger charge is -2.22. The molecule has 0 saturated heterocycles. The predicted octanol–water partition coefficient (Wildman–Crippen LogP) is 1.32. The molecule has 66 valence electrons. The summed E-state index contributed by atoms with van der Waals surface area (Å²) in [5.41, 5.74) is 0. The molecule has 0 heterocycles. The van der Waals surface area contributed by atoms with Gasteiger partial charge in [-0.3, -0.25) is 4.79 Å². The van der Waals surface area contributed by atoms with Crippen LogP contribution in [0.4, 0.5) is 0 Å². The van der Waals surface area contributed by atoms with E-state index in [0.29, 0.717) is 0 Å². The molecule has 0 aliphatic carbocycles. The lowest BCUT2D eigenvalue weighted by Crippen LogP contribution is -2.26. The monoisotopic (exact) mass is 195 g/mol. The van der Waals surface area contributed by atoms with Gasteiger partial charge < -0.3 is 5.11 Å². The lowest BCUT2D eigenvalue weighted by molar-refractivity contribution is -0.137. The fourth-order valence-corrected chi connectivity index (χ4v) is 1.90. The summed E-state index contributed by atoms with van der Waals surface area (Å²) in [5.74, 6) is -0.808. The Hall–Kier alpha value is 0.130. The van der Waals surface area contributed by atoms with E-state index in [-0.39, 0.29) is 11.8 Å². The van der Waals surface area contributed by atoms with Crippen LogP contribution in [0.1, 0.15) is 13.3 Å². The van der Waals surface area contributed by atoms with Crippen LogP contribution in [0.3, 0.4) is 0 Å². The smallest absolute Gasteiger partial charge is 0.305 e. The van der Waals surface area contributed by atoms with Crippen LogP contribution >= 0.6 is 24.6 Å². The van der Waals surface area contributed by atoms with Crippen LogP contribution in [-0.4, -0.2) is 33.6 Å². The molecule has 0 fully saturated rings. The molecule has 1 atom stereocenters. The number of carboxylic acid groups (broad SMARTS) is 1. The Kier molecular flexibility index (Phi) is 5.81. The van der Waals surface area contributed by atoms with Crippen molar-refractivity contribution >= 4 is 30.5 Å². The first-order valence-corrected chi connectivity index (χ1v) is 5.02. The average Bonchev–Trinajstić information content (AvgIpc) is 1.88. The normalized spacial score (nSPS) is 13.5. The van der Waals surface area contributed by atoms with Gasteiger partial charge in [0.2, 0.25) is 0 Å². The van der Waals surface area contributed by atoms with Gasteiger partial charge >= 0.3 is 5.97 Å². The lowest BCUT2D eigenvalue weighted by atomic mass is 10.4. The SMILES string of the molecule is CCN(SC)C(S)CC(=O)O. The van der Waals surface area contributed by atoms with E-state index in [0.717, 1.165) is 6.54 Å². The molecule has 1 unspecified atom stereocenters. The summed E-state index contributed by atoms with van der Waals surface area (Å²) in [4.78, 5) is 10.3. The van der Waals surface area contributed by atoms with Crippen molar-refractivity contribution in [2.24, 2.45) is 0 Å². The maximum absolute atomic E-state index is 10.3. The molecule has 0 aliphatic heterocycles. The zero-order chi connectivity index (χ0) is 8.85. The minimum atomic E-state index is -0.808. The van der Waals surface area contributed by atoms with Gasteiger partial charge in [-0.05, 0) is 6.26 Å². The summed E-state index contributed by atoms with van der Waals surface area (Å²) in [6.07, 6.45) is 1.99. The largest absolute Gasteiger partial charge is 0.481 e. The first kappa shape index (κ1) is 11.1. The maximum atomic E-state index is 10.3. The van der Waals surface area contributed by atoms with Gasteiger partial charge in [-0.25, -0.2) is 4.31 Å². The minimum absolute atomic E-state index is 0.0811. The van der Waals surface area contributed by atoms with E-state index in [1.807, 2.05) is 17.5 Å². The Labute approximate surface area is 76.7 Å². The summed E-state index contributed by atoms with van der Waals surface area (Å²) in [6, 6.07) is 0. The number of carbonyl (C=O) groups is 1. The van der Waals surface area contributed by atoms with Crippen molar-refractivity contribution in [1.29, 1.82) is 0 Å². The van der Waals surface area contributed by atoms with Gasteiger partial charge in [-0.15, -0.1) is 0 Å². The molecule has 5 heteroatoms. The third-order valence-electron chi connectivity index (χ3n) is 1.24. The van der Waals surface area contributed by atoms with Gasteiger partial charge in [0.15, 0.2) is 0 Å². The Morgan fingerprint density at radius 3 is 2.64 bits per heavy atom. The van der Waals surface area contributed by atoms with Crippen LogP contribution in [0, 0.1) is 0 Å². The minimum Gasteiger partial charge on any atom is -0.481 e. The number of carboxylic acids is 1. The topological polar surface area (TPSA) is 40.5 Å². The fourth-order valence-electron chi connectivity index (χ4n) is 0.720. The molecule has 3 nitrogen and oxygen atoms in total. The van der Waals surface area contributed by atoms with Crippen molar-refractivity contribution in [3.63, 3.8) is 0 Å².